The average Bonchev–Trinajstić information content (AvgIpc) is 2.94. The molecule has 0 aliphatic carbocycles. The van der Waals surface area contributed by atoms with Crippen molar-refractivity contribution in [1.82, 2.24) is 10.2 Å². The lowest BCUT2D eigenvalue weighted by Gasteiger charge is -2.43. The number of hydrogen-bond acceptors (Lipinski definition) is 9. The van der Waals surface area contributed by atoms with Gasteiger partial charge in [-0.2, -0.15) is 0 Å². The van der Waals surface area contributed by atoms with Crippen molar-refractivity contribution in [3.05, 3.63) is 59.2 Å². The Kier molecular flexibility index (Phi) is 8.04. The summed E-state index contributed by atoms with van der Waals surface area (Å²) in [5.74, 6) is 1.38. The Balaban J connectivity index is 1.48. The fourth-order valence-corrected chi connectivity index (χ4v) is 6.26. The van der Waals surface area contributed by atoms with Gasteiger partial charge in [0.1, 0.15) is 35.5 Å². The SMILES string of the molecule is CCC1(CC)CC(=O)N([C@@H]2CC(COC)Oc3ccc(C(O)N[C@@H]4c5ccccc5OC(C)(C)[C@H]4O)cc32)C(N)=N1. The number of aliphatic imine (C=N–C) groups is 1. The van der Waals surface area contributed by atoms with Gasteiger partial charge in [0.05, 0.1) is 30.7 Å². The number of fused-ring (bicyclic) bond motifs is 2. The Morgan fingerprint density at radius 2 is 1.90 bits per heavy atom. The molecule has 1 amide bonds. The number of carbonyl (C=O) groups is 1. The second kappa shape index (κ2) is 11.2. The van der Waals surface area contributed by atoms with Crippen molar-refractivity contribution in [3.8, 4) is 11.5 Å². The van der Waals surface area contributed by atoms with E-state index in [4.69, 9.17) is 24.9 Å². The predicted molar refractivity (Wildman–Crippen MR) is 154 cm³/mol. The van der Waals surface area contributed by atoms with Gasteiger partial charge in [-0.05, 0) is 50.5 Å². The largest absolute Gasteiger partial charge is 0.488 e. The molecule has 5 N–H and O–H groups in total. The van der Waals surface area contributed by atoms with Crippen molar-refractivity contribution in [2.75, 3.05) is 13.7 Å². The number of ether oxygens (including phenoxy) is 3. The number of aliphatic hydroxyl groups excluding tert-OH is 2. The first kappa shape index (κ1) is 29.3. The first-order valence-electron chi connectivity index (χ1n) is 14.4. The normalized spacial score (nSPS) is 27.1. The number of para-hydroxylation sites is 1. The topological polar surface area (TPSA) is 139 Å². The molecule has 41 heavy (non-hydrogen) atoms. The van der Waals surface area contributed by atoms with Crippen LogP contribution in [0.5, 0.6) is 11.5 Å². The number of carbonyl (C=O) groups excluding carboxylic acids is 1. The van der Waals surface area contributed by atoms with E-state index >= 15 is 0 Å². The molecule has 0 radical (unpaired) electrons. The van der Waals surface area contributed by atoms with Gasteiger partial charge in [0.25, 0.3) is 0 Å². The zero-order valence-electron chi connectivity index (χ0n) is 24.5. The fourth-order valence-electron chi connectivity index (χ4n) is 6.26. The highest BCUT2D eigenvalue weighted by atomic mass is 16.5. The minimum atomic E-state index is -1.13. The lowest BCUT2D eigenvalue weighted by Crippen LogP contribution is -2.54. The molecule has 0 spiro atoms. The minimum Gasteiger partial charge on any atom is -0.488 e. The van der Waals surface area contributed by atoms with Crippen LogP contribution in [0.15, 0.2) is 47.5 Å². The summed E-state index contributed by atoms with van der Waals surface area (Å²) in [5.41, 5.74) is 7.19. The molecule has 222 valence electrons. The van der Waals surface area contributed by atoms with Crippen LogP contribution in [-0.4, -0.2) is 64.0 Å². The van der Waals surface area contributed by atoms with E-state index in [1.807, 2.05) is 58.0 Å². The highest BCUT2D eigenvalue weighted by Crippen LogP contribution is 2.44. The van der Waals surface area contributed by atoms with Crippen LogP contribution in [0.3, 0.4) is 0 Å². The molecule has 5 atom stereocenters. The summed E-state index contributed by atoms with van der Waals surface area (Å²) < 4.78 is 17.6. The Labute approximate surface area is 241 Å². The molecular formula is C31H42N4O6. The molecule has 0 fully saturated rings. The van der Waals surface area contributed by atoms with Gasteiger partial charge < -0.3 is 30.2 Å². The predicted octanol–water partition coefficient (Wildman–Crippen LogP) is 3.48. The molecule has 2 unspecified atom stereocenters. The van der Waals surface area contributed by atoms with Crippen LogP contribution < -0.4 is 20.5 Å². The Bertz CT molecular complexity index is 1310. The maximum absolute atomic E-state index is 13.6. The Morgan fingerprint density at radius 3 is 2.59 bits per heavy atom. The molecule has 0 aromatic heterocycles. The van der Waals surface area contributed by atoms with Crippen LogP contribution in [0.2, 0.25) is 0 Å². The second-order valence-corrected chi connectivity index (χ2v) is 11.8. The summed E-state index contributed by atoms with van der Waals surface area (Å²) in [6, 6.07) is 11.9. The van der Waals surface area contributed by atoms with Crippen LogP contribution in [0.4, 0.5) is 0 Å². The number of nitrogens with zero attached hydrogens (tertiary/aromatic N) is 2. The molecule has 2 aromatic carbocycles. The van der Waals surface area contributed by atoms with Gasteiger partial charge in [0, 0.05) is 24.7 Å². The third kappa shape index (κ3) is 5.41. The molecule has 3 aliphatic rings. The molecule has 3 aliphatic heterocycles. The van der Waals surface area contributed by atoms with Crippen molar-refractivity contribution >= 4 is 11.9 Å². The van der Waals surface area contributed by atoms with Crippen molar-refractivity contribution in [1.29, 1.82) is 0 Å². The van der Waals surface area contributed by atoms with Gasteiger partial charge in [-0.3, -0.25) is 15.0 Å². The van der Waals surface area contributed by atoms with E-state index in [1.54, 1.807) is 24.1 Å². The molecule has 0 saturated carbocycles. The van der Waals surface area contributed by atoms with E-state index in [2.05, 4.69) is 5.32 Å². The number of nitrogens with two attached hydrogens (primary N) is 1. The van der Waals surface area contributed by atoms with E-state index in [1.165, 1.54) is 0 Å². The number of aliphatic hydroxyl groups is 2. The number of nitrogens with one attached hydrogen (secondary N) is 1. The van der Waals surface area contributed by atoms with Crippen LogP contribution in [0.1, 0.15) is 88.4 Å². The number of methoxy groups -OCH3 is 1. The lowest BCUT2D eigenvalue weighted by atomic mass is 9.85. The van der Waals surface area contributed by atoms with E-state index in [0.717, 1.165) is 24.0 Å². The third-order valence-corrected chi connectivity index (χ3v) is 8.81. The number of amides is 1. The molecule has 2 aromatic rings. The molecule has 3 heterocycles. The molecule has 10 nitrogen and oxygen atoms in total. The highest BCUT2D eigenvalue weighted by molar-refractivity contribution is 5.99. The van der Waals surface area contributed by atoms with Crippen LogP contribution in [0.25, 0.3) is 0 Å². The van der Waals surface area contributed by atoms with Crippen LogP contribution >= 0.6 is 0 Å². The summed E-state index contributed by atoms with van der Waals surface area (Å²) in [6.07, 6.45) is -0.150. The van der Waals surface area contributed by atoms with E-state index in [9.17, 15) is 15.0 Å². The van der Waals surface area contributed by atoms with E-state index in [0.29, 0.717) is 30.1 Å². The molecule has 5 rings (SSSR count). The summed E-state index contributed by atoms with van der Waals surface area (Å²) in [6.45, 7) is 8.04. The van der Waals surface area contributed by atoms with Gasteiger partial charge in [0.15, 0.2) is 5.96 Å². The second-order valence-electron chi connectivity index (χ2n) is 11.8. The number of hydrogen-bond donors (Lipinski definition) is 4. The molecular weight excluding hydrogens is 524 g/mol. The summed E-state index contributed by atoms with van der Waals surface area (Å²) in [5, 5.41) is 25.8. The third-order valence-electron chi connectivity index (χ3n) is 8.81. The van der Waals surface area contributed by atoms with Gasteiger partial charge in [-0.15, -0.1) is 0 Å². The van der Waals surface area contributed by atoms with Crippen molar-refractivity contribution in [2.45, 2.75) is 95.0 Å². The molecule has 0 bridgehead atoms. The summed E-state index contributed by atoms with van der Waals surface area (Å²) in [7, 11) is 1.61. The van der Waals surface area contributed by atoms with Crippen LogP contribution in [-0.2, 0) is 9.53 Å². The number of benzene rings is 2. The van der Waals surface area contributed by atoms with Crippen molar-refractivity contribution in [2.24, 2.45) is 10.7 Å². The zero-order valence-corrected chi connectivity index (χ0v) is 24.5. The molecule has 0 saturated heterocycles. The van der Waals surface area contributed by atoms with Gasteiger partial charge in [0.2, 0.25) is 5.91 Å². The first-order chi connectivity index (χ1) is 19.5. The summed E-state index contributed by atoms with van der Waals surface area (Å²) >= 11 is 0. The Hall–Kier alpha value is -3.18. The average molecular weight is 567 g/mol. The Morgan fingerprint density at radius 1 is 1.17 bits per heavy atom. The van der Waals surface area contributed by atoms with E-state index in [-0.39, 0.29) is 24.4 Å². The minimum absolute atomic E-state index is 0.0801. The van der Waals surface area contributed by atoms with Crippen molar-refractivity contribution in [3.63, 3.8) is 0 Å². The number of guanidine groups is 1. The lowest BCUT2D eigenvalue weighted by molar-refractivity contribution is -0.132. The zero-order chi connectivity index (χ0) is 29.5. The summed E-state index contributed by atoms with van der Waals surface area (Å²) in [4.78, 5) is 20.0. The highest BCUT2D eigenvalue weighted by Gasteiger charge is 2.45. The molecule has 10 heteroatoms. The van der Waals surface area contributed by atoms with E-state index < -0.39 is 35.6 Å². The van der Waals surface area contributed by atoms with Gasteiger partial charge >= 0.3 is 0 Å². The van der Waals surface area contributed by atoms with Crippen LogP contribution in [0, 0.1) is 0 Å². The maximum Gasteiger partial charge on any atom is 0.232 e. The number of rotatable bonds is 8. The standard InChI is InChI=1S/C31H42N4O6/c1-6-31(7-2)16-25(36)35(29(32)34-31)22-15-19(17-39-5)40-23-13-12-18(14-21(22)23)28(38)33-26-20-10-8-9-11-24(20)41-30(3,4)27(26)37/h8-14,19,22,26-28,33,37-38H,6-7,15-17H2,1-5H3,(H2,32,34)/t19?,22-,26-,27+,28?/m1/s1. The smallest absolute Gasteiger partial charge is 0.232 e. The maximum atomic E-state index is 13.6. The monoisotopic (exact) mass is 566 g/mol. The van der Waals surface area contributed by atoms with Crippen molar-refractivity contribution < 1.29 is 29.2 Å². The van der Waals surface area contributed by atoms with Gasteiger partial charge in [-0.25, -0.2) is 4.99 Å². The fraction of sp³-hybridized carbons (Fsp3) is 0.548. The quantitative estimate of drug-likeness (QED) is 0.356. The van der Waals surface area contributed by atoms with Gasteiger partial charge in [-0.1, -0.05) is 38.1 Å². The first-order valence-corrected chi connectivity index (χ1v) is 14.4.